The zero-order valence-corrected chi connectivity index (χ0v) is 15.0. The fourth-order valence-corrected chi connectivity index (χ4v) is 3.61. The van der Waals surface area contributed by atoms with E-state index < -0.39 is 0 Å². The molecule has 0 saturated carbocycles. The third-order valence-corrected chi connectivity index (χ3v) is 5.18. The topological polar surface area (TPSA) is 85.5 Å². The molecule has 140 valence electrons. The highest BCUT2D eigenvalue weighted by atomic mass is 16.2. The summed E-state index contributed by atoms with van der Waals surface area (Å²) in [6.45, 7) is 2.17. The zero-order valence-electron chi connectivity index (χ0n) is 15.0. The summed E-state index contributed by atoms with van der Waals surface area (Å²) in [5.74, 6) is 0.0839. The number of nitrogens with zero attached hydrogens (tertiary/aromatic N) is 2. The summed E-state index contributed by atoms with van der Waals surface area (Å²) in [6.07, 6.45) is 5.13. The van der Waals surface area contributed by atoms with Gasteiger partial charge in [0, 0.05) is 56.2 Å². The number of carbonyl (C=O) groups excluding carboxylic acids is 3. The molecule has 0 bridgehead atoms. The lowest BCUT2D eigenvalue weighted by molar-refractivity contribution is -0.131. The first-order chi connectivity index (χ1) is 13.1. The quantitative estimate of drug-likeness (QED) is 0.862. The predicted octanol–water partition coefficient (Wildman–Crippen LogP) is 1.43. The molecule has 7 heteroatoms. The lowest BCUT2D eigenvalue weighted by Gasteiger charge is -2.35. The molecule has 4 rings (SSSR count). The Morgan fingerprint density at radius 2 is 1.78 bits per heavy atom. The maximum absolute atomic E-state index is 12.8. The molecular formula is C20H22N4O3. The van der Waals surface area contributed by atoms with Crippen LogP contribution in [0.25, 0.3) is 0 Å². The minimum absolute atomic E-state index is 0.0157. The number of nitrogens with one attached hydrogen (secondary N) is 2. The summed E-state index contributed by atoms with van der Waals surface area (Å²) in [5.41, 5.74) is 3.40. The second-order valence-electron chi connectivity index (χ2n) is 6.99. The molecule has 2 aliphatic heterocycles. The number of carbonyl (C=O) groups is 3. The number of piperazine rings is 1. The second-order valence-corrected chi connectivity index (χ2v) is 6.99. The fourth-order valence-electron chi connectivity index (χ4n) is 3.61. The normalized spacial score (nSPS) is 16.7. The summed E-state index contributed by atoms with van der Waals surface area (Å²) in [6, 6.07) is 7.34. The van der Waals surface area contributed by atoms with Crippen LogP contribution in [0.15, 0.2) is 36.7 Å². The minimum Gasteiger partial charge on any atom is -0.367 e. The van der Waals surface area contributed by atoms with E-state index in [0.29, 0.717) is 51.0 Å². The van der Waals surface area contributed by atoms with Crippen LogP contribution in [0, 0.1) is 0 Å². The average Bonchev–Trinajstić information content (AvgIpc) is 3.20. The SMILES string of the molecule is O=C1CCc2cc(C(=O)N3CCN(C(=O)Cc4cc[nH]c4)CC3)ccc2N1. The van der Waals surface area contributed by atoms with Gasteiger partial charge in [-0.1, -0.05) is 0 Å². The number of benzene rings is 1. The van der Waals surface area contributed by atoms with E-state index >= 15 is 0 Å². The van der Waals surface area contributed by atoms with Crippen molar-refractivity contribution in [2.45, 2.75) is 19.3 Å². The van der Waals surface area contributed by atoms with Crippen LogP contribution < -0.4 is 5.32 Å². The van der Waals surface area contributed by atoms with Gasteiger partial charge in [-0.05, 0) is 41.8 Å². The lowest BCUT2D eigenvalue weighted by Crippen LogP contribution is -2.51. The number of anilines is 1. The van der Waals surface area contributed by atoms with Crippen LogP contribution >= 0.6 is 0 Å². The molecule has 7 nitrogen and oxygen atoms in total. The molecule has 0 atom stereocenters. The monoisotopic (exact) mass is 366 g/mol. The van der Waals surface area contributed by atoms with Gasteiger partial charge in [0.05, 0.1) is 6.42 Å². The van der Waals surface area contributed by atoms with Crippen molar-refractivity contribution in [1.29, 1.82) is 0 Å². The van der Waals surface area contributed by atoms with Gasteiger partial charge < -0.3 is 20.1 Å². The summed E-state index contributed by atoms with van der Waals surface area (Å²) in [7, 11) is 0. The number of fused-ring (bicyclic) bond motifs is 1. The third kappa shape index (κ3) is 3.72. The molecule has 0 radical (unpaired) electrons. The maximum Gasteiger partial charge on any atom is 0.253 e. The van der Waals surface area contributed by atoms with E-state index in [9.17, 15) is 14.4 Å². The van der Waals surface area contributed by atoms with Crippen LogP contribution in [-0.2, 0) is 22.4 Å². The molecule has 1 saturated heterocycles. The fraction of sp³-hybridized carbons (Fsp3) is 0.350. The molecule has 2 aromatic rings. The van der Waals surface area contributed by atoms with Gasteiger partial charge in [0.15, 0.2) is 0 Å². The molecule has 1 aromatic heterocycles. The Balaban J connectivity index is 1.36. The standard InChI is InChI=1S/C20H22N4O3/c25-18-4-2-15-12-16(1-3-17(15)22-18)20(27)24-9-7-23(8-10-24)19(26)11-14-5-6-21-13-14/h1,3,5-6,12-13,21H,2,4,7-11H2,(H,22,25). The molecule has 3 amide bonds. The lowest BCUT2D eigenvalue weighted by atomic mass is 10.00. The smallest absolute Gasteiger partial charge is 0.253 e. The molecule has 0 aliphatic carbocycles. The Kier molecular flexibility index (Phi) is 4.66. The maximum atomic E-state index is 12.8. The summed E-state index contributed by atoms with van der Waals surface area (Å²) >= 11 is 0. The Hall–Kier alpha value is -3.09. The van der Waals surface area contributed by atoms with Crippen molar-refractivity contribution in [3.05, 3.63) is 53.3 Å². The Bertz CT molecular complexity index is 867. The molecular weight excluding hydrogens is 344 g/mol. The molecule has 2 N–H and O–H groups in total. The zero-order chi connectivity index (χ0) is 18.8. The number of aromatic nitrogens is 1. The number of hydrogen-bond acceptors (Lipinski definition) is 3. The van der Waals surface area contributed by atoms with Crippen molar-refractivity contribution in [2.24, 2.45) is 0 Å². The van der Waals surface area contributed by atoms with Gasteiger partial charge in [-0.15, -0.1) is 0 Å². The largest absolute Gasteiger partial charge is 0.367 e. The summed E-state index contributed by atoms with van der Waals surface area (Å²) in [5, 5.41) is 2.83. The van der Waals surface area contributed by atoms with Crippen LogP contribution in [0.2, 0.25) is 0 Å². The molecule has 3 heterocycles. The highest BCUT2D eigenvalue weighted by Gasteiger charge is 2.26. The van der Waals surface area contributed by atoms with E-state index in [4.69, 9.17) is 0 Å². The Morgan fingerprint density at radius 1 is 1.00 bits per heavy atom. The van der Waals surface area contributed by atoms with E-state index in [1.807, 2.05) is 29.4 Å². The van der Waals surface area contributed by atoms with Gasteiger partial charge in [-0.25, -0.2) is 0 Å². The average molecular weight is 366 g/mol. The van der Waals surface area contributed by atoms with Gasteiger partial charge in [-0.3, -0.25) is 14.4 Å². The Morgan fingerprint density at radius 3 is 2.52 bits per heavy atom. The number of rotatable bonds is 3. The molecule has 0 unspecified atom stereocenters. The van der Waals surface area contributed by atoms with Crippen molar-refractivity contribution in [3.8, 4) is 0 Å². The van der Waals surface area contributed by atoms with Gasteiger partial charge in [0.2, 0.25) is 11.8 Å². The van der Waals surface area contributed by atoms with Gasteiger partial charge in [0.25, 0.3) is 5.91 Å². The Labute approximate surface area is 157 Å². The minimum atomic E-state index is -0.0209. The predicted molar refractivity (Wildman–Crippen MR) is 100 cm³/mol. The van der Waals surface area contributed by atoms with E-state index in [2.05, 4.69) is 10.3 Å². The first-order valence-corrected chi connectivity index (χ1v) is 9.21. The van der Waals surface area contributed by atoms with Gasteiger partial charge >= 0.3 is 0 Å². The second kappa shape index (κ2) is 7.26. The number of aryl methyl sites for hydroxylation is 1. The van der Waals surface area contributed by atoms with Crippen LogP contribution in [0.4, 0.5) is 5.69 Å². The van der Waals surface area contributed by atoms with E-state index in [0.717, 1.165) is 16.8 Å². The number of H-pyrrole nitrogens is 1. The summed E-state index contributed by atoms with van der Waals surface area (Å²) < 4.78 is 0. The first kappa shape index (κ1) is 17.3. The van der Waals surface area contributed by atoms with Crippen LogP contribution in [-0.4, -0.2) is 58.7 Å². The molecule has 1 aromatic carbocycles. The van der Waals surface area contributed by atoms with E-state index in [-0.39, 0.29) is 17.7 Å². The van der Waals surface area contributed by atoms with Gasteiger partial charge in [0.1, 0.15) is 0 Å². The molecule has 27 heavy (non-hydrogen) atoms. The first-order valence-electron chi connectivity index (χ1n) is 9.21. The van der Waals surface area contributed by atoms with Crippen LogP contribution in [0.1, 0.15) is 27.9 Å². The number of amides is 3. The number of hydrogen-bond donors (Lipinski definition) is 2. The van der Waals surface area contributed by atoms with Crippen molar-refractivity contribution in [1.82, 2.24) is 14.8 Å². The molecule has 2 aliphatic rings. The highest BCUT2D eigenvalue weighted by Crippen LogP contribution is 2.24. The molecule has 1 fully saturated rings. The van der Waals surface area contributed by atoms with Crippen molar-refractivity contribution in [2.75, 3.05) is 31.5 Å². The summed E-state index contributed by atoms with van der Waals surface area (Å²) in [4.78, 5) is 43.2. The van der Waals surface area contributed by atoms with Crippen molar-refractivity contribution >= 4 is 23.4 Å². The van der Waals surface area contributed by atoms with Crippen LogP contribution in [0.5, 0.6) is 0 Å². The van der Waals surface area contributed by atoms with Crippen molar-refractivity contribution < 1.29 is 14.4 Å². The highest BCUT2D eigenvalue weighted by molar-refractivity contribution is 5.98. The van der Waals surface area contributed by atoms with Gasteiger partial charge in [-0.2, -0.15) is 0 Å². The van der Waals surface area contributed by atoms with E-state index in [1.165, 1.54) is 0 Å². The third-order valence-electron chi connectivity index (χ3n) is 5.18. The van der Waals surface area contributed by atoms with Crippen LogP contribution in [0.3, 0.4) is 0 Å². The molecule has 0 spiro atoms. The van der Waals surface area contributed by atoms with Crippen molar-refractivity contribution in [3.63, 3.8) is 0 Å². The van der Waals surface area contributed by atoms with E-state index in [1.54, 1.807) is 17.0 Å². The number of aromatic amines is 1.